The van der Waals surface area contributed by atoms with Crippen molar-refractivity contribution < 1.29 is 14.3 Å². The Morgan fingerprint density at radius 1 is 1.06 bits per heavy atom. The van der Waals surface area contributed by atoms with Crippen molar-refractivity contribution >= 4 is 35.0 Å². The van der Waals surface area contributed by atoms with Crippen molar-refractivity contribution in [1.82, 2.24) is 10.2 Å². The zero-order valence-corrected chi connectivity index (χ0v) is 19.2. The van der Waals surface area contributed by atoms with Gasteiger partial charge in [0.05, 0.1) is 0 Å². The van der Waals surface area contributed by atoms with E-state index in [-0.39, 0.29) is 31.0 Å². The number of rotatable bonds is 8. The number of carbonyl (C=O) groups excluding carboxylic acids is 2. The summed E-state index contributed by atoms with van der Waals surface area (Å²) in [5.74, 6) is 0.0687. The predicted molar refractivity (Wildman–Crippen MR) is 123 cm³/mol. The van der Waals surface area contributed by atoms with Crippen LogP contribution >= 0.6 is 23.2 Å². The van der Waals surface area contributed by atoms with Gasteiger partial charge in [0.15, 0.2) is 6.61 Å². The van der Waals surface area contributed by atoms with Gasteiger partial charge in [-0.05, 0) is 55.7 Å². The number of hydrogen-bond donors (Lipinski definition) is 1. The van der Waals surface area contributed by atoms with Gasteiger partial charge in [-0.3, -0.25) is 9.59 Å². The van der Waals surface area contributed by atoms with Crippen LogP contribution in [0.15, 0.2) is 48.5 Å². The summed E-state index contributed by atoms with van der Waals surface area (Å²) in [7, 11) is 0. The van der Waals surface area contributed by atoms with Crippen molar-refractivity contribution in [3.8, 4) is 5.75 Å². The lowest BCUT2D eigenvalue weighted by atomic mass is 9.95. The van der Waals surface area contributed by atoms with Crippen LogP contribution < -0.4 is 10.1 Å². The van der Waals surface area contributed by atoms with Gasteiger partial charge in [-0.2, -0.15) is 0 Å². The lowest BCUT2D eigenvalue weighted by Gasteiger charge is -2.31. The molecular weight excluding hydrogens is 435 g/mol. The van der Waals surface area contributed by atoms with Crippen molar-refractivity contribution in [2.45, 2.75) is 57.7 Å². The highest BCUT2D eigenvalue weighted by atomic mass is 35.5. The lowest BCUT2D eigenvalue weighted by Crippen LogP contribution is -2.51. The van der Waals surface area contributed by atoms with E-state index in [0.29, 0.717) is 15.8 Å². The van der Waals surface area contributed by atoms with Crippen molar-refractivity contribution in [3.05, 3.63) is 64.1 Å². The molecule has 31 heavy (non-hydrogen) atoms. The first kappa shape index (κ1) is 23.4. The molecule has 2 aromatic carbocycles. The minimum atomic E-state index is -0.642. The van der Waals surface area contributed by atoms with Crippen molar-refractivity contribution in [1.29, 1.82) is 0 Å². The molecule has 5 nitrogen and oxygen atoms in total. The van der Waals surface area contributed by atoms with Gasteiger partial charge < -0.3 is 15.0 Å². The Bertz CT molecular complexity index is 900. The summed E-state index contributed by atoms with van der Waals surface area (Å²) in [5.41, 5.74) is 0.848. The lowest BCUT2D eigenvalue weighted by molar-refractivity contribution is -0.142. The molecule has 0 aromatic heterocycles. The van der Waals surface area contributed by atoms with E-state index in [2.05, 4.69) is 5.32 Å². The second-order valence-electron chi connectivity index (χ2n) is 7.92. The summed E-state index contributed by atoms with van der Waals surface area (Å²) in [6.07, 6.45) is 5.43. The molecule has 0 saturated heterocycles. The molecule has 2 amide bonds. The Hall–Kier alpha value is -2.24. The molecule has 7 heteroatoms. The van der Waals surface area contributed by atoms with Crippen LogP contribution in [0, 0.1) is 0 Å². The molecule has 3 rings (SSSR count). The molecule has 166 valence electrons. The number of halogens is 2. The topological polar surface area (TPSA) is 58.6 Å². The van der Waals surface area contributed by atoms with Crippen molar-refractivity contribution in [2.75, 3.05) is 6.61 Å². The zero-order valence-electron chi connectivity index (χ0n) is 17.7. The molecule has 0 unspecified atom stereocenters. The predicted octanol–water partition coefficient (Wildman–Crippen LogP) is 5.24. The number of nitrogens with zero attached hydrogens (tertiary/aromatic N) is 1. The SMILES string of the molecule is C[C@H](C(=O)NC1CCCCC1)N(Cc1cccc(Cl)c1)C(=O)COc1cccc(Cl)c1. The van der Waals surface area contributed by atoms with Crippen LogP contribution in [-0.2, 0) is 16.1 Å². The normalized spacial score (nSPS) is 15.2. The first-order valence-corrected chi connectivity index (χ1v) is 11.4. The van der Waals surface area contributed by atoms with Crippen LogP contribution in [0.4, 0.5) is 0 Å². The molecule has 1 aliphatic rings. The van der Waals surface area contributed by atoms with Gasteiger partial charge in [-0.15, -0.1) is 0 Å². The average Bonchev–Trinajstić information content (AvgIpc) is 2.76. The molecule has 1 N–H and O–H groups in total. The maximum Gasteiger partial charge on any atom is 0.261 e. The van der Waals surface area contributed by atoms with E-state index >= 15 is 0 Å². The van der Waals surface area contributed by atoms with E-state index in [9.17, 15) is 9.59 Å². The highest BCUT2D eigenvalue weighted by molar-refractivity contribution is 6.30. The van der Waals surface area contributed by atoms with E-state index in [4.69, 9.17) is 27.9 Å². The fraction of sp³-hybridized carbons (Fsp3) is 0.417. The molecule has 0 spiro atoms. The minimum absolute atomic E-state index is 0.148. The van der Waals surface area contributed by atoms with Crippen LogP contribution in [0.2, 0.25) is 10.0 Å². The third kappa shape index (κ3) is 7.15. The molecule has 0 radical (unpaired) electrons. The van der Waals surface area contributed by atoms with Crippen LogP contribution in [0.1, 0.15) is 44.6 Å². The fourth-order valence-electron chi connectivity index (χ4n) is 3.77. The number of benzene rings is 2. The quantitative estimate of drug-likeness (QED) is 0.583. The summed E-state index contributed by atoms with van der Waals surface area (Å²) < 4.78 is 5.64. The Morgan fingerprint density at radius 2 is 1.74 bits per heavy atom. The number of amides is 2. The molecule has 1 saturated carbocycles. The van der Waals surface area contributed by atoms with Crippen molar-refractivity contribution in [2.24, 2.45) is 0 Å². The van der Waals surface area contributed by atoms with Crippen LogP contribution in [0.25, 0.3) is 0 Å². The maximum atomic E-state index is 13.1. The molecular formula is C24H28Cl2N2O3. The Morgan fingerprint density at radius 3 is 2.42 bits per heavy atom. The molecule has 1 aliphatic carbocycles. The number of nitrogens with one attached hydrogen (secondary N) is 1. The second kappa shape index (κ2) is 11.4. The number of carbonyl (C=O) groups is 2. The van der Waals surface area contributed by atoms with Gasteiger partial charge in [-0.25, -0.2) is 0 Å². The Kier molecular flexibility index (Phi) is 8.61. The monoisotopic (exact) mass is 462 g/mol. The first-order chi connectivity index (χ1) is 14.9. The Labute approximate surface area is 193 Å². The summed E-state index contributed by atoms with van der Waals surface area (Å²) >= 11 is 12.1. The highest BCUT2D eigenvalue weighted by Gasteiger charge is 2.28. The van der Waals surface area contributed by atoms with E-state index < -0.39 is 6.04 Å². The molecule has 1 fully saturated rings. The molecule has 0 aliphatic heterocycles. The van der Waals surface area contributed by atoms with Crippen LogP contribution in [-0.4, -0.2) is 35.4 Å². The second-order valence-corrected chi connectivity index (χ2v) is 8.79. The molecule has 1 atom stereocenters. The third-order valence-electron chi connectivity index (χ3n) is 5.52. The number of ether oxygens (including phenoxy) is 1. The third-order valence-corrected chi connectivity index (χ3v) is 5.99. The van der Waals surface area contributed by atoms with Crippen molar-refractivity contribution in [3.63, 3.8) is 0 Å². The van der Waals surface area contributed by atoms with E-state index in [1.807, 2.05) is 12.1 Å². The van der Waals surface area contributed by atoms with Gasteiger partial charge in [0, 0.05) is 22.6 Å². The minimum Gasteiger partial charge on any atom is -0.484 e. The summed E-state index contributed by atoms with van der Waals surface area (Å²) in [5, 5.41) is 4.23. The zero-order chi connectivity index (χ0) is 22.2. The fourth-order valence-corrected chi connectivity index (χ4v) is 4.16. The summed E-state index contributed by atoms with van der Waals surface area (Å²) in [4.78, 5) is 27.6. The van der Waals surface area contributed by atoms with Gasteiger partial charge >= 0.3 is 0 Å². The largest absolute Gasteiger partial charge is 0.484 e. The standard InChI is InChI=1S/C24H28Cl2N2O3/c1-17(24(30)27-21-10-3-2-4-11-21)28(15-18-7-5-8-19(25)13-18)23(29)16-31-22-12-6-9-20(26)14-22/h5-9,12-14,17,21H,2-4,10-11,15-16H2,1H3,(H,27,30)/t17-/m1/s1. The van der Waals surface area contributed by atoms with E-state index in [1.54, 1.807) is 43.3 Å². The van der Waals surface area contributed by atoms with Gasteiger partial charge in [0.1, 0.15) is 11.8 Å². The Balaban J connectivity index is 1.70. The summed E-state index contributed by atoms with van der Waals surface area (Å²) in [6.45, 7) is 1.82. The van der Waals surface area contributed by atoms with Crippen LogP contribution in [0.5, 0.6) is 5.75 Å². The molecule has 0 heterocycles. The van der Waals surface area contributed by atoms with Crippen LogP contribution in [0.3, 0.4) is 0 Å². The van der Waals surface area contributed by atoms with Gasteiger partial charge in [-0.1, -0.05) is 60.7 Å². The molecule has 2 aromatic rings. The summed E-state index contributed by atoms with van der Waals surface area (Å²) in [6, 6.07) is 13.7. The molecule has 0 bridgehead atoms. The first-order valence-electron chi connectivity index (χ1n) is 10.6. The smallest absolute Gasteiger partial charge is 0.261 e. The number of hydrogen-bond acceptors (Lipinski definition) is 3. The van der Waals surface area contributed by atoms with E-state index in [0.717, 1.165) is 31.2 Å². The maximum absolute atomic E-state index is 13.1. The van der Waals surface area contributed by atoms with E-state index in [1.165, 1.54) is 11.3 Å². The highest BCUT2D eigenvalue weighted by Crippen LogP contribution is 2.20. The van der Waals surface area contributed by atoms with Gasteiger partial charge in [0.2, 0.25) is 5.91 Å². The average molecular weight is 463 g/mol. The van der Waals surface area contributed by atoms with Gasteiger partial charge in [0.25, 0.3) is 5.91 Å².